The van der Waals surface area contributed by atoms with Gasteiger partial charge >= 0.3 is 0 Å². The molecule has 1 aliphatic rings. The summed E-state index contributed by atoms with van der Waals surface area (Å²) >= 11 is 0. The van der Waals surface area contributed by atoms with Gasteiger partial charge < -0.3 is 4.74 Å². The summed E-state index contributed by atoms with van der Waals surface area (Å²) in [4.78, 5) is 10.6. The molecule has 1 rings (SSSR count). The van der Waals surface area contributed by atoms with Crippen molar-refractivity contribution < 1.29 is 9.53 Å². The molecule has 1 atom stereocenters. The minimum absolute atomic E-state index is 0.0104. The first-order valence-electron chi connectivity index (χ1n) is 2.74. The normalized spacial score (nSPS) is 30.6. The predicted octanol–water partition coefficient (Wildman–Crippen LogP) is 0.426. The van der Waals surface area contributed by atoms with Gasteiger partial charge in [-0.05, 0) is 13.3 Å². The average Bonchev–Trinajstić information content (AvgIpc) is 1.77. The molecule has 0 spiro atoms. The topological polar surface area (TPSA) is 26.3 Å². The molecule has 1 aliphatic heterocycles. The Morgan fingerprint density at radius 1 is 1.75 bits per heavy atom. The molecule has 1 saturated heterocycles. The monoisotopic (exact) mass is 113 g/mol. The highest BCUT2D eigenvalue weighted by molar-refractivity contribution is 5.83. The number of carbonyl (C=O) groups is 1. The SMILES string of the molecule is [CH2]C1CCOCC1=O. The molecule has 0 aromatic rings. The van der Waals surface area contributed by atoms with Gasteiger partial charge in [-0.2, -0.15) is 0 Å². The fourth-order valence-corrected chi connectivity index (χ4v) is 0.677. The first-order valence-corrected chi connectivity index (χ1v) is 2.74. The lowest BCUT2D eigenvalue weighted by Crippen LogP contribution is -2.25. The second-order valence-corrected chi connectivity index (χ2v) is 2.00. The summed E-state index contributed by atoms with van der Waals surface area (Å²) in [6, 6.07) is 0. The minimum Gasteiger partial charge on any atom is -0.374 e. The Bertz CT molecular complexity index is 98.7. The quantitative estimate of drug-likeness (QED) is 0.455. The van der Waals surface area contributed by atoms with Crippen LogP contribution in [0.1, 0.15) is 6.42 Å². The predicted molar refractivity (Wildman–Crippen MR) is 29.3 cm³/mol. The van der Waals surface area contributed by atoms with Crippen LogP contribution in [0, 0.1) is 12.8 Å². The van der Waals surface area contributed by atoms with Gasteiger partial charge in [-0.15, -0.1) is 0 Å². The highest BCUT2D eigenvalue weighted by atomic mass is 16.5. The van der Waals surface area contributed by atoms with Crippen molar-refractivity contribution in [1.82, 2.24) is 0 Å². The van der Waals surface area contributed by atoms with Crippen molar-refractivity contribution in [3.8, 4) is 0 Å². The Balaban J connectivity index is 2.39. The van der Waals surface area contributed by atoms with Crippen molar-refractivity contribution in [1.29, 1.82) is 0 Å². The van der Waals surface area contributed by atoms with E-state index in [2.05, 4.69) is 6.92 Å². The summed E-state index contributed by atoms with van der Waals surface area (Å²) in [6.07, 6.45) is 0.791. The molecule has 1 unspecified atom stereocenters. The van der Waals surface area contributed by atoms with Crippen LogP contribution in [0.2, 0.25) is 0 Å². The molecule has 2 heteroatoms. The van der Waals surface area contributed by atoms with Gasteiger partial charge in [0.1, 0.15) is 6.61 Å². The van der Waals surface area contributed by atoms with Crippen molar-refractivity contribution in [2.45, 2.75) is 6.42 Å². The van der Waals surface area contributed by atoms with Crippen LogP contribution in [0.3, 0.4) is 0 Å². The Kier molecular flexibility index (Phi) is 1.63. The van der Waals surface area contributed by atoms with Gasteiger partial charge in [0, 0.05) is 12.5 Å². The highest BCUT2D eigenvalue weighted by Gasteiger charge is 2.16. The van der Waals surface area contributed by atoms with Crippen LogP contribution in [-0.2, 0) is 9.53 Å². The zero-order chi connectivity index (χ0) is 5.98. The third-order valence-corrected chi connectivity index (χ3v) is 1.31. The zero-order valence-corrected chi connectivity index (χ0v) is 4.72. The molecule has 0 bridgehead atoms. The molecule has 1 heterocycles. The largest absolute Gasteiger partial charge is 0.374 e. The molecular weight excluding hydrogens is 104 g/mol. The number of hydrogen-bond donors (Lipinski definition) is 0. The van der Waals surface area contributed by atoms with Crippen LogP contribution >= 0.6 is 0 Å². The van der Waals surface area contributed by atoms with Gasteiger partial charge in [-0.25, -0.2) is 0 Å². The van der Waals surface area contributed by atoms with E-state index in [1.165, 1.54) is 0 Å². The molecule has 8 heavy (non-hydrogen) atoms. The molecule has 0 aliphatic carbocycles. The third kappa shape index (κ3) is 1.07. The van der Waals surface area contributed by atoms with E-state index in [0.29, 0.717) is 6.61 Å². The van der Waals surface area contributed by atoms with Crippen molar-refractivity contribution in [3.63, 3.8) is 0 Å². The molecule has 0 aromatic carbocycles. The van der Waals surface area contributed by atoms with E-state index in [0.717, 1.165) is 6.42 Å². The maximum atomic E-state index is 10.6. The van der Waals surface area contributed by atoms with Crippen LogP contribution in [-0.4, -0.2) is 19.0 Å². The van der Waals surface area contributed by atoms with Gasteiger partial charge in [0.25, 0.3) is 0 Å². The molecule has 1 radical (unpaired) electrons. The van der Waals surface area contributed by atoms with Gasteiger partial charge in [0.05, 0.1) is 0 Å². The van der Waals surface area contributed by atoms with Gasteiger partial charge in [-0.3, -0.25) is 4.79 Å². The molecule has 0 N–H and O–H groups in total. The maximum Gasteiger partial charge on any atom is 0.161 e. The van der Waals surface area contributed by atoms with Crippen LogP contribution in [0.25, 0.3) is 0 Å². The molecule has 0 amide bonds. The van der Waals surface area contributed by atoms with Crippen molar-refractivity contribution in [3.05, 3.63) is 6.92 Å². The van der Waals surface area contributed by atoms with E-state index in [4.69, 9.17) is 4.74 Å². The highest BCUT2D eigenvalue weighted by Crippen LogP contribution is 2.08. The summed E-state index contributed by atoms with van der Waals surface area (Å²) < 4.78 is 4.86. The fourth-order valence-electron chi connectivity index (χ4n) is 0.677. The molecule has 45 valence electrons. The Morgan fingerprint density at radius 2 is 2.50 bits per heavy atom. The molecular formula is C6H9O2. The van der Waals surface area contributed by atoms with Gasteiger partial charge in [0.15, 0.2) is 5.78 Å². The van der Waals surface area contributed by atoms with Crippen LogP contribution in [0.5, 0.6) is 0 Å². The number of rotatable bonds is 0. The van der Waals surface area contributed by atoms with Crippen LogP contribution in [0.15, 0.2) is 0 Å². The van der Waals surface area contributed by atoms with E-state index in [-0.39, 0.29) is 18.3 Å². The third-order valence-electron chi connectivity index (χ3n) is 1.31. The molecule has 2 nitrogen and oxygen atoms in total. The fraction of sp³-hybridized carbons (Fsp3) is 0.667. The lowest BCUT2D eigenvalue weighted by atomic mass is 10.0. The van der Waals surface area contributed by atoms with E-state index in [1.807, 2.05) is 0 Å². The first-order chi connectivity index (χ1) is 3.80. The Morgan fingerprint density at radius 3 is 2.88 bits per heavy atom. The van der Waals surface area contributed by atoms with Crippen molar-refractivity contribution in [2.75, 3.05) is 13.2 Å². The summed E-state index contributed by atoms with van der Waals surface area (Å²) in [7, 11) is 0. The average molecular weight is 113 g/mol. The number of Topliss-reactive ketones (excluding diaryl/α,β-unsaturated/α-hetero) is 1. The van der Waals surface area contributed by atoms with Crippen LogP contribution in [0.4, 0.5) is 0 Å². The zero-order valence-electron chi connectivity index (χ0n) is 4.72. The second-order valence-electron chi connectivity index (χ2n) is 2.00. The van der Waals surface area contributed by atoms with E-state index in [1.54, 1.807) is 0 Å². The number of carbonyl (C=O) groups excluding carboxylic acids is 1. The summed E-state index contributed by atoms with van der Waals surface area (Å²) in [5, 5.41) is 0. The summed E-state index contributed by atoms with van der Waals surface area (Å²) in [5.41, 5.74) is 0. The summed E-state index contributed by atoms with van der Waals surface area (Å²) in [5.74, 6) is 0.125. The Labute approximate surface area is 48.8 Å². The molecule has 1 fully saturated rings. The molecule has 0 saturated carbocycles. The standard InChI is InChI=1S/C6H9O2/c1-5-2-3-8-4-6(5)7/h5H,1-4H2. The van der Waals surface area contributed by atoms with Crippen molar-refractivity contribution in [2.24, 2.45) is 5.92 Å². The Hall–Kier alpha value is -0.370. The lowest BCUT2D eigenvalue weighted by molar-refractivity contribution is -0.130. The number of hydrogen-bond acceptors (Lipinski definition) is 2. The summed E-state index contributed by atoms with van der Waals surface area (Å²) in [6.45, 7) is 4.62. The number of ether oxygens (including phenoxy) is 1. The van der Waals surface area contributed by atoms with Gasteiger partial charge in [0.2, 0.25) is 0 Å². The van der Waals surface area contributed by atoms with Crippen LogP contribution < -0.4 is 0 Å². The number of ketones is 1. The first kappa shape index (κ1) is 5.76. The lowest BCUT2D eigenvalue weighted by Gasteiger charge is -2.15. The van der Waals surface area contributed by atoms with E-state index < -0.39 is 0 Å². The second kappa shape index (κ2) is 2.27. The maximum absolute atomic E-state index is 10.6. The van der Waals surface area contributed by atoms with E-state index >= 15 is 0 Å². The van der Waals surface area contributed by atoms with Gasteiger partial charge in [-0.1, -0.05) is 0 Å². The molecule has 0 aromatic heterocycles. The van der Waals surface area contributed by atoms with E-state index in [9.17, 15) is 4.79 Å². The smallest absolute Gasteiger partial charge is 0.161 e. The minimum atomic E-state index is -0.0104. The van der Waals surface area contributed by atoms with Crippen molar-refractivity contribution >= 4 is 5.78 Å².